The largest absolute Gasteiger partial charge is 0.497 e. The summed E-state index contributed by atoms with van der Waals surface area (Å²) in [5, 5.41) is 0.822. The van der Waals surface area contributed by atoms with Crippen molar-refractivity contribution in [1.82, 2.24) is 9.73 Å². The van der Waals surface area contributed by atoms with Gasteiger partial charge in [0.1, 0.15) is 16.5 Å². The molecule has 2 aromatic carbocycles. The van der Waals surface area contributed by atoms with Crippen molar-refractivity contribution in [1.29, 1.82) is 0 Å². The van der Waals surface area contributed by atoms with Crippen LogP contribution in [0.25, 0.3) is 0 Å². The highest BCUT2D eigenvalue weighted by Crippen LogP contribution is 2.29. The predicted octanol–water partition coefficient (Wildman–Crippen LogP) is 4.08. The van der Waals surface area contributed by atoms with Crippen LogP contribution >= 0.6 is 23.2 Å². The first-order chi connectivity index (χ1) is 14.7. The summed E-state index contributed by atoms with van der Waals surface area (Å²) in [6.45, 7) is 0.396. The third kappa shape index (κ3) is 5.79. The van der Waals surface area contributed by atoms with Gasteiger partial charge in [-0.2, -0.15) is 4.31 Å². The minimum absolute atomic E-state index is 0.106. The third-order valence-corrected chi connectivity index (χ3v) is 7.43. The van der Waals surface area contributed by atoms with E-state index in [1.165, 1.54) is 23.5 Å². The fourth-order valence-electron chi connectivity index (χ4n) is 3.41. The minimum atomic E-state index is -4.03. The van der Waals surface area contributed by atoms with E-state index in [4.69, 9.17) is 27.9 Å². The van der Waals surface area contributed by atoms with Crippen molar-refractivity contribution in [2.75, 3.05) is 25.6 Å². The molecule has 0 radical (unpaired) electrons. The maximum Gasteiger partial charge on any atom is 0.245 e. The summed E-state index contributed by atoms with van der Waals surface area (Å²) in [5.41, 5.74) is 5.78. The summed E-state index contributed by atoms with van der Waals surface area (Å²) in [4.78, 5) is 11.9. The molecule has 1 atom stereocenters. The Kier molecular flexibility index (Phi) is 7.64. The number of rotatable bonds is 7. The highest BCUT2D eigenvalue weighted by molar-refractivity contribution is 7.89. The average molecular weight is 490 g/mol. The van der Waals surface area contributed by atoms with Crippen LogP contribution in [0.2, 0.25) is 10.0 Å². The molecule has 11 heteroatoms. The van der Waals surface area contributed by atoms with Crippen LogP contribution in [0.4, 0.5) is 10.1 Å². The minimum Gasteiger partial charge on any atom is -0.497 e. The molecular weight excluding hydrogens is 468 g/mol. The van der Waals surface area contributed by atoms with E-state index in [0.29, 0.717) is 28.6 Å². The second-order valence-corrected chi connectivity index (χ2v) is 9.92. The highest BCUT2D eigenvalue weighted by atomic mass is 35.5. The number of methoxy groups -OCH3 is 1. The number of piperidine rings is 1. The van der Waals surface area contributed by atoms with Gasteiger partial charge in [0.05, 0.1) is 17.8 Å². The van der Waals surface area contributed by atoms with Crippen molar-refractivity contribution in [3.8, 4) is 5.75 Å². The summed E-state index contributed by atoms with van der Waals surface area (Å²) < 4.78 is 46.3. The lowest BCUT2D eigenvalue weighted by Gasteiger charge is -2.31. The molecule has 0 aromatic heterocycles. The lowest BCUT2D eigenvalue weighted by molar-refractivity contribution is -0.121. The summed E-state index contributed by atoms with van der Waals surface area (Å²) in [6, 6.07) is 8.43. The van der Waals surface area contributed by atoms with Gasteiger partial charge < -0.3 is 4.74 Å². The number of nitrogens with zero attached hydrogens (tertiary/aromatic N) is 1. The number of hydrogen-bond acceptors (Lipinski definition) is 5. The first kappa shape index (κ1) is 23.6. The Bertz CT molecular complexity index is 1070. The standard InChI is InChI=1S/C20H22Cl2FN3O4S/c1-30-15-5-7-19(17(23)11-15)31(28,29)26-8-2-3-13(12-26)9-20(27)25-24-18-6-4-14(21)10-16(18)22/h4-7,10-11,13,24H,2-3,8-9,12H2,1H3,(H,25,27). The van der Waals surface area contributed by atoms with Crippen molar-refractivity contribution in [3.63, 3.8) is 0 Å². The van der Waals surface area contributed by atoms with Crippen LogP contribution in [0.5, 0.6) is 5.75 Å². The van der Waals surface area contributed by atoms with E-state index in [9.17, 15) is 17.6 Å². The zero-order valence-corrected chi connectivity index (χ0v) is 19.0. The monoisotopic (exact) mass is 489 g/mol. The molecule has 0 saturated carbocycles. The van der Waals surface area contributed by atoms with Crippen molar-refractivity contribution >= 4 is 44.8 Å². The van der Waals surface area contributed by atoms with E-state index < -0.39 is 20.7 Å². The molecule has 0 aliphatic carbocycles. The van der Waals surface area contributed by atoms with Gasteiger partial charge in [0, 0.05) is 30.6 Å². The van der Waals surface area contributed by atoms with Crippen molar-refractivity contribution in [2.45, 2.75) is 24.2 Å². The van der Waals surface area contributed by atoms with E-state index in [1.54, 1.807) is 18.2 Å². The molecule has 0 bridgehead atoms. The zero-order chi connectivity index (χ0) is 22.6. The number of carbonyl (C=O) groups is 1. The maximum absolute atomic E-state index is 14.3. The Morgan fingerprint density at radius 1 is 1.26 bits per heavy atom. The lowest BCUT2D eigenvalue weighted by atomic mass is 9.96. The summed E-state index contributed by atoms with van der Waals surface area (Å²) in [5.74, 6) is -1.15. The number of benzene rings is 2. The number of nitrogens with one attached hydrogen (secondary N) is 2. The molecule has 1 aliphatic rings. The van der Waals surface area contributed by atoms with Gasteiger partial charge in [-0.25, -0.2) is 12.8 Å². The molecule has 1 aliphatic heterocycles. The zero-order valence-electron chi connectivity index (χ0n) is 16.7. The number of carbonyl (C=O) groups excluding carboxylic acids is 1. The van der Waals surface area contributed by atoms with Crippen LogP contribution in [0.1, 0.15) is 19.3 Å². The van der Waals surface area contributed by atoms with E-state index in [2.05, 4.69) is 10.9 Å². The second-order valence-electron chi connectivity index (χ2n) is 7.17. The first-order valence-corrected chi connectivity index (χ1v) is 11.7. The molecule has 1 fully saturated rings. The molecule has 1 saturated heterocycles. The maximum atomic E-state index is 14.3. The molecule has 7 nitrogen and oxygen atoms in total. The smallest absolute Gasteiger partial charge is 0.245 e. The van der Waals surface area contributed by atoms with Gasteiger partial charge in [-0.05, 0) is 49.1 Å². The number of ether oxygens (including phenoxy) is 1. The Balaban J connectivity index is 1.61. The highest BCUT2D eigenvalue weighted by Gasteiger charge is 2.33. The van der Waals surface area contributed by atoms with Gasteiger partial charge in [-0.1, -0.05) is 23.2 Å². The summed E-state index contributed by atoms with van der Waals surface area (Å²) in [7, 11) is -2.65. The van der Waals surface area contributed by atoms with E-state index in [-0.39, 0.29) is 37.1 Å². The molecule has 168 valence electrons. The Hall–Kier alpha value is -2.07. The number of hydrogen-bond donors (Lipinski definition) is 2. The van der Waals surface area contributed by atoms with Crippen LogP contribution in [-0.2, 0) is 14.8 Å². The molecule has 1 heterocycles. The second kappa shape index (κ2) is 10.0. The summed E-state index contributed by atoms with van der Waals surface area (Å²) >= 11 is 11.9. The fourth-order valence-corrected chi connectivity index (χ4v) is 5.47. The van der Waals surface area contributed by atoms with E-state index in [1.807, 2.05) is 0 Å². The first-order valence-electron chi connectivity index (χ1n) is 9.54. The van der Waals surface area contributed by atoms with Crippen LogP contribution in [0, 0.1) is 11.7 Å². The Morgan fingerprint density at radius 3 is 2.71 bits per heavy atom. The fraction of sp³-hybridized carbons (Fsp3) is 0.350. The quantitative estimate of drug-likeness (QED) is 0.572. The van der Waals surface area contributed by atoms with Crippen molar-refractivity contribution < 1.29 is 22.3 Å². The number of hydrazine groups is 1. The van der Waals surface area contributed by atoms with Gasteiger partial charge in [-0.15, -0.1) is 0 Å². The molecule has 3 rings (SSSR count). The molecule has 1 unspecified atom stereocenters. The van der Waals surface area contributed by atoms with Gasteiger partial charge in [0.15, 0.2) is 0 Å². The molecule has 2 aromatic rings. The van der Waals surface area contributed by atoms with Crippen LogP contribution in [0.15, 0.2) is 41.3 Å². The van der Waals surface area contributed by atoms with Gasteiger partial charge >= 0.3 is 0 Å². The van der Waals surface area contributed by atoms with Gasteiger partial charge in [0.25, 0.3) is 0 Å². The van der Waals surface area contributed by atoms with Crippen molar-refractivity contribution in [2.24, 2.45) is 5.92 Å². The predicted molar refractivity (Wildman–Crippen MR) is 117 cm³/mol. The number of halogens is 3. The average Bonchev–Trinajstić information content (AvgIpc) is 2.73. The van der Waals surface area contributed by atoms with E-state index in [0.717, 1.165) is 6.07 Å². The molecule has 0 spiro atoms. The summed E-state index contributed by atoms with van der Waals surface area (Å²) in [6.07, 6.45) is 1.37. The lowest BCUT2D eigenvalue weighted by Crippen LogP contribution is -2.42. The normalized spacial score (nSPS) is 17.2. The number of anilines is 1. The van der Waals surface area contributed by atoms with Crippen LogP contribution in [-0.4, -0.2) is 38.8 Å². The molecular formula is C20H22Cl2FN3O4S. The van der Waals surface area contributed by atoms with Crippen LogP contribution in [0.3, 0.4) is 0 Å². The number of sulfonamides is 1. The molecule has 1 amide bonds. The molecule has 2 N–H and O–H groups in total. The third-order valence-electron chi connectivity index (χ3n) is 4.98. The van der Waals surface area contributed by atoms with Crippen molar-refractivity contribution in [3.05, 3.63) is 52.3 Å². The topological polar surface area (TPSA) is 87.7 Å². The van der Waals surface area contributed by atoms with Crippen LogP contribution < -0.4 is 15.6 Å². The number of amides is 1. The molecule has 31 heavy (non-hydrogen) atoms. The van der Waals surface area contributed by atoms with E-state index >= 15 is 0 Å². The Labute approximate surface area is 190 Å². The SMILES string of the molecule is COc1ccc(S(=O)(=O)N2CCCC(CC(=O)NNc3ccc(Cl)cc3Cl)C2)c(F)c1. The van der Waals surface area contributed by atoms with Gasteiger partial charge in [-0.3, -0.25) is 15.6 Å². The Morgan fingerprint density at radius 2 is 2.03 bits per heavy atom. The van der Waals surface area contributed by atoms with Gasteiger partial charge in [0.2, 0.25) is 15.9 Å².